The highest BCUT2D eigenvalue weighted by Crippen LogP contribution is 2.25. The zero-order valence-corrected chi connectivity index (χ0v) is 15.7. The lowest BCUT2D eigenvalue weighted by Crippen LogP contribution is -2.31. The van der Waals surface area contributed by atoms with Gasteiger partial charge in [0.1, 0.15) is 5.69 Å². The largest absolute Gasteiger partial charge is 0.350 e. The maximum absolute atomic E-state index is 12.6. The molecular weight excluding hydrogens is 352 g/mol. The van der Waals surface area contributed by atoms with Gasteiger partial charge in [-0.1, -0.05) is 48.5 Å². The van der Waals surface area contributed by atoms with Gasteiger partial charge in [0, 0.05) is 42.2 Å². The van der Waals surface area contributed by atoms with Gasteiger partial charge in [0.25, 0.3) is 5.91 Å². The van der Waals surface area contributed by atoms with Gasteiger partial charge >= 0.3 is 0 Å². The van der Waals surface area contributed by atoms with E-state index in [-0.39, 0.29) is 17.7 Å². The second kappa shape index (κ2) is 7.68. The number of aromatic amines is 1. The average molecular weight is 374 g/mol. The first-order valence-corrected chi connectivity index (χ1v) is 9.37. The fraction of sp³-hybridized carbons (Fsp3) is 0.227. The highest BCUT2D eigenvalue weighted by atomic mass is 16.2. The molecule has 2 N–H and O–H groups in total. The molecule has 1 fully saturated rings. The quantitative estimate of drug-likeness (QED) is 0.720. The van der Waals surface area contributed by atoms with Crippen LogP contribution in [0, 0.1) is 12.8 Å². The third kappa shape index (κ3) is 3.53. The lowest BCUT2D eigenvalue weighted by molar-refractivity contribution is -0.117. The van der Waals surface area contributed by atoms with Gasteiger partial charge in [-0.25, -0.2) is 0 Å². The van der Waals surface area contributed by atoms with Crippen molar-refractivity contribution in [3.05, 3.63) is 71.9 Å². The summed E-state index contributed by atoms with van der Waals surface area (Å²) >= 11 is 0. The summed E-state index contributed by atoms with van der Waals surface area (Å²) in [6.07, 6.45) is 0.437. The van der Waals surface area contributed by atoms with E-state index in [0.717, 1.165) is 22.5 Å². The SMILES string of the molecule is Cc1c(-c2ccccc2)n[nH]c1C(=O)NC[C@H]1CC(=O)N(c2ccccc2)C1. The maximum atomic E-state index is 12.6. The topological polar surface area (TPSA) is 78.1 Å². The van der Waals surface area contributed by atoms with Gasteiger partial charge in [-0.2, -0.15) is 5.10 Å². The monoisotopic (exact) mass is 374 g/mol. The summed E-state index contributed by atoms with van der Waals surface area (Å²) in [7, 11) is 0. The molecule has 0 unspecified atom stereocenters. The predicted molar refractivity (Wildman–Crippen MR) is 108 cm³/mol. The summed E-state index contributed by atoms with van der Waals surface area (Å²) in [5.41, 5.74) is 3.92. The number of nitrogens with one attached hydrogen (secondary N) is 2. The number of anilines is 1. The Labute approximate surface area is 163 Å². The molecule has 0 spiro atoms. The van der Waals surface area contributed by atoms with Gasteiger partial charge in [-0.3, -0.25) is 14.7 Å². The van der Waals surface area contributed by atoms with Crippen LogP contribution in [0.25, 0.3) is 11.3 Å². The van der Waals surface area contributed by atoms with Crippen LogP contribution >= 0.6 is 0 Å². The molecule has 0 radical (unpaired) electrons. The Morgan fingerprint density at radius 2 is 1.82 bits per heavy atom. The number of H-pyrrole nitrogens is 1. The van der Waals surface area contributed by atoms with Crippen molar-refractivity contribution in [1.29, 1.82) is 0 Å². The molecule has 1 aromatic heterocycles. The minimum atomic E-state index is -0.196. The summed E-state index contributed by atoms with van der Waals surface area (Å²) in [6.45, 7) is 2.95. The van der Waals surface area contributed by atoms with Crippen LogP contribution in [0.5, 0.6) is 0 Å². The lowest BCUT2D eigenvalue weighted by Gasteiger charge is -2.16. The summed E-state index contributed by atoms with van der Waals surface area (Å²) in [6, 6.07) is 19.4. The van der Waals surface area contributed by atoms with Gasteiger partial charge in [-0.15, -0.1) is 0 Å². The first-order chi connectivity index (χ1) is 13.6. The Hall–Kier alpha value is -3.41. The Balaban J connectivity index is 1.39. The van der Waals surface area contributed by atoms with E-state index in [1.54, 1.807) is 4.90 Å². The van der Waals surface area contributed by atoms with Crippen LogP contribution < -0.4 is 10.2 Å². The van der Waals surface area contributed by atoms with Gasteiger partial charge in [0.05, 0.1) is 5.69 Å². The number of nitrogens with zero attached hydrogens (tertiary/aromatic N) is 2. The molecule has 1 aliphatic heterocycles. The van der Waals surface area contributed by atoms with E-state index in [1.807, 2.05) is 67.6 Å². The van der Waals surface area contributed by atoms with Crippen LogP contribution in [0.2, 0.25) is 0 Å². The van der Waals surface area contributed by atoms with Gasteiger partial charge < -0.3 is 10.2 Å². The smallest absolute Gasteiger partial charge is 0.269 e. The summed E-state index contributed by atoms with van der Waals surface area (Å²) in [5.74, 6) is -0.0131. The zero-order chi connectivity index (χ0) is 19.5. The summed E-state index contributed by atoms with van der Waals surface area (Å²) < 4.78 is 0. The Morgan fingerprint density at radius 1 is 1.14 bits per heavy atom. The highest BCUT2D eigenvalue weighted by molar-refractivity contribution is 5.97. The molecule has 6 heteroatoms. The second-order valence-corrected chi connectivity index (χ2v) is 7.06. The number of rotatable bonds is 5. The van der Waals surface area contributed by atoms with Gasteiger partial charge in [-0.05, 0) is 19.1 Å². The second-order valence-electron chi connectivity index (χ2n) is 7.06. The summed E-state index contributed by atoms with van der Waals surface area (Å²) in [4.78, 5) is 26.7. The van der Waals surface area contributed by atoms with E-state index in [1.165, 1.54) is 0 Å². The third-order valence-corrected chi connectivity index (χ3v) is 5.11. The van der Waals surface area contributed by atoms with Crippen molar-refractivity contribution < 1.29 is 9.59 Å². The maximum Gasteiger partial charge on any atom is 0.269 e. The number of carbonyl (C=O) groups is 2. The van der Waals surface area contributed by atoms with Crippen LogP contribution in [-0.2, 0) is 4.79 Å². The highest BCUT2D eigenvalue weighted by Gasteiger charge is 2.31. The molecular formula is C22H22N4O2. The molecule has 6 nitrogen and oxygen atoms in total. The average Bonchev–Trinajstić information content (AvgIpc) is 3.30. The molecule has 1 atom stereocenters. The molecule has 0 saturated carbocycles. The van der Waals surface area contributed by atoms with Crippen molar-refractivity contribution in [3.8, 4) is 11.3 Å². The number of para-hydroxylation sites is 1. The molecule has 1 saturated heterocycles. The Bertz CT molecular complexity index is 982. The fourth-order valence-corrected chi connectivity index (χ4v) is 3.60. The number of benzene rings is 2. The number of carbonyl (C=O) groups excluding carboxylic acids is 2. The van der Waals surface area contributed by atoms with Crippen molar-refractivity contribution in [2.24, 2.45) is 5.92 Å². The molecule has 0 aliphatic carbocycles. The van der Waals surface area contributed by atoms with E-state index >= 15 is 0 Å². The van der Waals surface area contributed by atoms with Crippen LogP contribution in [0.3, 0.4) is 0 Å². The molecule has 0 bridgehead atoms. The minimum absolute atomic E-state index is 0.0912. The molecule has 4 rings (SSSR count). The van der Waals surface area contributed by atoms with Crippen LogP contribution in [0.1, 0.15) is 22.5 Å². The van der Waals surface area contributed by atoms with Crippen LogP contribution in [0.15, 0.2) is 60.7 Å². The van der Waals surface area contributed by atoms with E-state index < -0.39 is 0 Å². The molecule has 1 aliphatic rings. The molecule has 142 valence electrons. The van der Waals surface area contributed by atoms with Gasteiger partial charge in [0.2, 0.25) is 5.91 Å². The van der Waals surface area contributed by atoms with Crippen molar-refractivity contribution in [2.45, 2.75) is 13.3 Å². The zero-order valence-electron chi connectivity index (χ0n) is 15.7. The number of aromatic nitrogens is 2. The number of hydrogen-bond acceptors (Lipinski definition) is 3. The standard InChI is InChI=1S/C22H22N4O2/c1-15-20(17-8-4-2-5-9-17)24-25-21(15)22(28)23-13-16-12-19(27)26(14-16)18-10-6-3-7-11-18/h2-11,16H,12-14H2,1H3,(H,23,28)(H,24,25)/t16-/m1/s1. The minimum Gasteiger partial charge on any atom is -0.350 e. The van der Waals surface area contributed by atoms with E-state index in [0.29, 0.717) is 25.2 Å². The molecule has 2 amide bonds. The van der Waals surface area contributed by atoms with Crippen molar-refractivity contribution in [3.63, 3.8) is 0 Å². The number of amides is 2. The van der Waals surface area contributed by atoms with Crippen molar-refractivity contribution in [2.75, 3.05) is 18.0 Å². The summed E-state index contributed by atoms with van der Waals surface area (Å²) in [5, 5.41) is 10.1. The fourth-order valence-electron chi connectivity index (χ4n) is 3.60. The molecule has 2 aromatic carbocycles. The Kier molecular flexibility index (Phi) is 4.93. The lowest BCUT2D eigenvalue weighted by atomic mass is 10.1. The van der Waals surface area contributed by atoms with Crippen LogP contribution in [0.4, 0.5) is 5.69 Å². The van der Waals surface area contributed by atoms with Gasteiger partial charge in [0.15, 0.2) is 0 Å². The molecule has 3 aromatic rings. The normalized spacial score (nSPS) is 16.4. The van der Waals surface area contributed by atoms with E-state index in [2.05, 4.69) is 15.5 Å². The number of hydrogen-bond donors (Lipinski definition) is 2. The van der Waals surface area contributed by atoms with E-state index in [9.17, 15) is 9.59 Å². The van der Waals surface area contributed by atoms with Crippen molar-refractivity contribution in [1.82, 2.24) is 15.5 Å². The van der Waals surface area contributed by atoms with E-state index in [4.69, 9.17) is 0 Å². The molecule has 2 heterocycles. The first-order valence-electron chi connectivity index (χ1n) is 9.37. The Morgan fingerprint density at radius 3 is 2.54 bits per heavy atom. The van der Waals surface area contributed by atoms with Crippen LogP contribution in [-0.4, -0.2) is 35.1 Å². The van der Waals surface area contributed by atoms with Crippen molar-refractivity contribution >= 4 is 17.5 Å². The predicted octanol–water partition coefficient (Wildman–Crippen LogP) is 3.17. The first kappa shape index (κ1) is 18.0. The third-order valence-electron chi connectivity index (χ3n) is 5.11. The molecule has 28 heavy (non-hydrogen) atoms.